The fourth-order valence-corrected chi connectivity index (χ4v) is 4.58. The van der Waals surface area contributed by atoms with Crippen molar-refractivity contribution in [3.8, 4) is 11.1 Å². The lowest BCUT2D eigenvalue weighted by atomic mass is 9.91. The molecule has 0 radical (unpaired) electrons. The number of ether oxygens (including phenoxy) is 1. The van der Waals surface area contributed by atoms with Crippen molar-refractivity contribution in [2.75, 3.05) is 19.1 Å². The summed E-state index contributed by atoms with van der Waals surface area (Å²) < 4.78 is 5.03. The van der Waals surface area contributed by atoms with E-state index in [4.69, 9.17) is 4.74 Å². The number of benzene rings is 2. The van der Waals surface area contributed by atoms with E-state index in [2.05, 4.69) is 30.3 Å². The summed E-state index contributed by atoms with van der Waals surface area (Å²) in [7, 11) is 1.46. The van der Waals surface area contributed by atoms with Gasteiger partial charge < -0.3 is 4.74 Å². The molecule has 2 nitrogen and oxygen atoms in total. The molecule has 0 aromatic heterocycles. The number of rotatable bonds is 3. The third-order valence-electron chi connectivity index (χ3n) is 3.95. The predicted octanol–water partition coefficient (Wildman–Crippen LogP) is 4.65. The van der Waals surface area contributed by atoms with Crippen molar-refractivity contribution in [1.29, 1.82) is 0 Å². The Kier molecular flexibility index (Phi) is 4.79. The molecule has 114 valence electrons. The van der Waals surface area contributed by atoms with E-state index in [1.165, 1.54) is 29.4 Å². The maximum absolute atomic E-state index is 12.3. The number of hydrogen-bond donors (Lipinski definition) is 0. The van der Waals surface area contributed by atoms with Gasteiger partial charge in [-0.1, -0.05) is 30.3 Å². The smallest absolute Gasteiger partial charge is 0.339 e. The second-order valence-electron chi connectivity index (χ2n) is 5.12. The fraction of sp³-hybridized carbons (Fsp3) is 0.278. The molecule has 1 aliphatic rings. The Morgan fingerprint density at radius 1 is 1.23 bits per heavy atom. The van der Waals surface area contributed by atoms with Crippen LogP contribution in [0.15, 0.2) is 41.3 Å². The van der Waals surface area contributed by atoms with E-state index in [0.717, 1.165) is 28.4 Å². The maximum Gasteiger partial charge on any atom is 0.339 e. The summed E-state index contributed by atoms with van der Waals surface area (Å²) in [5.41, 5.74) is 5.70. The average molecular weight is 330 g/mol. The first-order valence-electron chi connectivity index (χ1n) is 7.20. The summed E-state index contributed by atoms with van der Waals surface area (Å²) in [6.07, 6.45) is 2.94. The van der Waals surface area contributed by atoms with Crippen LogP contribution in [0.4, 0.5) is 0 Å². The van der Waals surface area contributed by atoms with Crippen LogP contribution in [0.3, 0.4) is 0 Å². The molecule has 0 saturated carbocycles. The first-order valence-corrected chi connectivity index (χ1v) is 9.58. The van der Waals surface area contributed by atoms with E-state index < -0.39 is 0 Å². The van der Waals surface area contributed by atoms with Crippen LogP contribution in [0.25, 0.3) is 11.1 Å². The Bertz CT molecular complexity index is 696. The number of carbonyl (C=O) groups excluding carboxylic acids is 1. The number of methoxy groups -OCH3 is 1. The molecule has 3 rings (SSSR count). The molecule has 0 saturated heterocycles. The molecular weight excluding hydrogens is 312 g/mol. The molecule has 0 unspecified atom stereocenters. The highest BCUT2D eigenvalue weighted by atomic mass is 32.2. The number of carbonyl (C=O) groups is 1. The second kappa shape index (κ2) is 6.80. The Labute approximate surface area is 139 Å². The number of hydrogen-bond acceptors (Lipinski definition) is 4. The van der Waals surface area contributed by atoms with Gasteiger partial charge in [0.25, 0.3) is 0 Å². The molecule has 22 heavy (non-hydrogen) atoms. The van der Waals surface area contributed by atoms with Gasteiger partial charge in [-0.3, -0.25) is 0 Å². The largest absolute Gasteiger partial charge is 0.465 e. The van der Waals surface area contributed by atoms with Crippen LogP contribution in [0, 0.1) is 0 Å². The van der Waals surface area contributed by atoms with Gasteiger partial charge in [0.2, 0.25) is 0 Å². The van der Waals surface area contributed by atoms with Gasteiger partial charge in [-0.15, -0.1) is 11.8 Å². The Hall–Kier alpha value is -1.39. The zero-order valence-electron chi connectivity index (χ0n) is 12.7. The predicted molar refractivity (Wildman–Crippen MR) is 94.9 cm³/mol. The van der Waals surface area contributed by atoms with E-state index in [0.29, 0.717) is 0 Å². The van der Waals surface area contributed by atoms with Crippen molar-refractivity contribution in [3.05, 3.63) is 53.1 Å². The quantitative estimate of drug-likeness (QED) is 0.604. The molecule has 4 heteroatoms. The van der Waals surface area contributed by atoms with Crippen molar-refractivity contribution in [3.63, 3.8) is 0 Å². The molecule has 2 aromatic rings. The Morgan fingerprint density at radius 3 is 2.68 bits per heavy atom. The first kappa shape index (κ1) is 15.5. The molecule has 0 bridgehead atoms. The molecule has 2 aromatic carbocycles. The zero-order valence-corrected chi connectivity index (χ0v) is 14.4. The lowest BCUT2D eigenvalue weighted by molar-refractivity contribution is 0.0595. The van der Waals surface area contributed by atoms with Crippen LogP contribution in [0.2, 0.25) is 0 Å². The lowest BCUT2D eigenvalue weighted by Crippen LogP contribution is -2.14. The summed E-state index contributed by atoms with van der Waals surface area (Å²) in [5, 5.41) is 0. The highest BCUT2D eigenvalue weighted by Crippen LogP contribution is 2.40. The van der Waals surface area contributed by atoms with E-state index in [1.54, 1.807) is 11.8 Å². The third-order valence-corrected chi connectivity index (χ3v) is 5.70. The average Bonchev–Trinajstić information content (AvgIpc) is 2.60. The highest BCUT2D eigenvalue weighted by molar-refractivity contribution is 7.99. The highest BCUT2D eigenvalue weighted by Gasteiger charge is 2.25. The minimum absolute atomic E-state index is 0.216. The molecule has 0 spiro atoms. The minimum atomic E-state index is -0.216. The van der Waals surface area contributed by atoms with Crippen LogP contribution >= 0.6 is 23.5 Å². The molecular formula is C18H18O2S2. The Morgan fingerprint density at radius 2 is 2.00 bits per heavy atom. The van der Waals surface area contributed by atoms with E-state index >= 15 is 0 Å². The van der Waals surface area contributed by atoms with Crippen LogP contribution in [-0.2, 0) is 16.9 Å². The van der Waals surface area contributed by atoms with Gasteiger partial charge in [-0.05, 0) is 46.7 Å². The molecule has 0 atom stereocenters. The molecule has 0 amide bonds. The van der Waals surface area contributed by atoms with Crippen LogP contribution in [-0.4, -0.2) is 25.1 Å². The number of esters is 1. The summed E-state index contributed by atoms with van der Waals surface area (Å²) in [6.45, 7) is 0. The minimum Gasteiger partial charge on any atom is -0.465 e. The first-order chi connectivity index (χ1) is 10.8. The standard InChI is InChI=1S/C18H18O2S2/c1-20-18(19)17-13-8-9-22-11-15(13)14(10-16(17)21-2)12-6-4-3-5-7-12/h3-7,10H,8-9,11H2,1-2H3. The van der Waals surface area contributed by atoms with Crippen LogP contribution in [0.5, 0.6) is 0 Å². The van der Waals surface area contributed by atoms with Crippen molar-refractivity contribution in [2.45, 2.75) is 17.1 Å². The topological polar surface area (TPSA) is 26.3 Å². The van der Waals surface area contributed by atoms with Crippen molar-refractivity contribution < 1.29 is 9.53 Å². The summed E-state index contributed by atoms with van der Waals surface area (Å²) >= 11 is 3.54. The molecule has 0 N–H and O–H groups in total. The monoisotopic (exact) mass is 330 g/mol. The van der Waals surface area contributed by atoms with E-state index in [9.17, 15) is 4.79 Å². The number of fused-ring (bicyclic) bond motifs is 1. The molecule has 0 fully saturated rings. The SMILES string of the molecule is COC(=O)c1c(SC)cc(-c2ccccc2)c2c1CCSC2. The van der Waals surface area contributed by atoms with Gasteiger partial charge in [0.05, 0.1) is 12.7 Å². The van der Waals surface area contributed by atoms with Crippen LogP contribution < -0.4 is 0 Å². The van der Waals surface area contributed by atoms with E-state index in [1.807, 2.05) is 24.1 Å². The van der Waals surface area contributed by atoms with Crippen LogP contribution in [0.1, 0.15) is 21.5 Å². The van der Waals surface area contributed by atoms with Gasteiger partial charge in [-0.25, -0.2) is 4.79 Å². The zero-order chi connectivity index (χ0) is 15.5. The molecule has 1 heterocycles. The molecule has 0 aliphatic carbocycles. The Balaban J connectivity index is 2.27. The summed E-state index contributed by atoms with van der Waals surface area (Å²) in [5.74, 6) is 1.80. The van der Waals surface area contributed by atoms with Crippen molar-refractivity contribution in [1.82, 2.24) is 0 Å². The van der Waals surface area contributed by atoms with Crippen molar-refractivity contribution in [2.24, 2.45) is 0 Å². The second-order valence-corrected chi connectivity index (χ2v) is 7.07. The normalized spacial score (nSPS) is 13.5. The fourth-order valence-electron chi connectivity index (χ4n) is 2.90. The van der Waals surface area contributed by atoms with E-state index in [-0.39, 0.29) is 5.97 Å². The van der Waals surface area contributed by atoms with Gasteiger partial charge in [0.1, 0.15) is 0 Å². The number of thioether (sulfide) groups is 2. The summed E-state index contributed by atoms with van der Waals surface area (Å²) in [6, 6.07) is 12.6. The van der Waals surface area contributed by atoms with Gasteiger partial charge >= 0.3 is 5.97 Å². The third kappa shape index (κ3) is 2.77. The van der Waals surface area contributed by atoms with Crippen molar-refractivity contribution >= 4 is 29.5 Å². The van der Waals surface area contributed by atoms with Gasteiger partial charge in [-0.2, -0.15) is 11.8 Å². The maximum atomic E-state index is 12.3. The lowest BCUT2D eigenvalue weighted by Gasteiger charge is -2.24. The van der Waals surface area contributed by atoms with Gasteiger partial charge in [0.15, 0.2) is 0 Å². The summed E-state index contributed by atoms with van der Waals surface area (Å²) in [4.78, 5) is 13.3. The van der Waals surface area contributed by atoms with Gasteiger partial charge in [0, 0.05) is 10.6 Å². The molecule has 1 aliphatic heterocycles.